The molecule has 2 aromatic carbocycles. The van der Waals surface area contributed by atoms with E-state index in [1.54, 1.807) is 11.1 Å². The summed E-state index contributed by atoms with van der Waals surface area (Å²) in [5, 5.41) is 15.4. The molecule has 3 aromatic rings. The summed E-state index contributed by atoms with van der Waals surface area (Å²) in [6.45, 7) is 8.91. The summed E-state index contributed by atoms with van der Waals surface area (Å²) in [5.74, 6) is -4.59. The molecular formula is C40H56F2N6O5S. The third-order valence-corrected chi connectivity index (χ3v) is 10.2. The fraction of sp³-hybridized carbons (Fsp3) is 0.500. The van der Waals surface area contributed by atoms with Gasteiger partial charge in [-0.05, 0) is 67.6 Å². The number of benzene rings is 2. The van der Waals surface area contributed by atoms with Gasteiger partial charge in [-0.3, -0.25) is 19.2 Å². The molecule has 3 atom stereocenters. The Morgan fingerprint density at radius 3 is 2.24 bits per heavy atom. The first-order valence-corrected chi connectivity index (χ1v) is 19.5. The molecule has 1 aromatic heterocycles. The number of hydrogen-bond acceptors (Lipinski definition) is 7. The Bertz CT molecular complexity index is 1680. The van der Waals surface area contributed by atoms with Gasteiger partial charge in [0.15, 0.2) is 0 Å². The van der Waals surface area contributed by atoms with Crippen LogP contribution in [0.15, 0.2) is 60.8 Å². The van der Waals surface area contributed by atoms with Crippen LogP contribution in [0.4, 0.5) is 8.78 Å². The van der Waals surface area contributed by atoms with Crippen molar-refractivity contribution in [3.63, 3.8) is 0 Å². The van der Waals surface area contributed by atoms with Gasteiger partial charge < -0.3 is 36.7 Å². The van der Waals surface area contributed by atoms with Crippen LogP contribution >= 0.6 is 11.8 Å². The minimum atomic E-state index is -1.11. The van der Waals surface area contributed by atoms with Gasteiger partial charge in [0.2, 0.25) is 17.7 Å². The Kier molecular flexibility index (Phi) is 17.6. The molecule has 0 bridgehead atoms. The molecule has 3 amide bonds. The SMILES string of the molecule is CC(=O)NCC(CCCCN)C(=O)NC[C@@H](CSCC(=O)N(CCCN)[C@@H](c1cc(-c2cc(F)ccc2F)cn1Cc1ccccc1)C(C)(C)C)C(=O)O. The summed E-state index contributed by atoms with van der Waals surface area (Å²) in [6, 6.07) is 14.3. The second-order valence-corrected chi connectivity index (χ2v) is 15.6. The fourth-order valence-electron chi connectivity index (χ4n) is 6.36. The lowest BCUT2D eigenvalue weighted by Crippen LogP contribution is -2.44. The predicted molar refractivity (Wildman–Crippen MR) is 209 cm³/mol. The number of amides is 3. The lowest BCUT2D eigenvalue weighted by Gasteiger charge is -2.41. The second kappa shape index (κ2) is 21.6. The molecule has 0 aliphatic carbocycles. The average molecular weight is 771 g/mol. The molecule has 3 rings (SSSR count). The molecule has 0 fully saturated rings. The van der Waals surface area contributed by atoms with E-state index in [1.165, 1.54) is 6.92 Å². The molecule has 0 radical (unpaired) electrons. The maximum absolute atomic E-state index is 15.1. The molecule has 0 aliphatic rings. The van der Waals surface area contributed by atoms with Crippen LogP contribution < -0.4 is 22.1 Å². The summed E-state index contributed by atoms with van der Waals surface area (Å²) in [4.78, 5) is 52.7. The molecule has 7 N–H and O–H groups in total. The van der Waals surface area contributed by atoms with Crippen molar-refractivity contribution in [3.05, 3.63) is 83.7 Å². The smallest absolute Gasteiger partial charge is 0.309 e. The van der Waals surface area contributed by atoms with E-state index < -0.39 is 40.9 Å². The largest absolute Gasteiger partial charge is 0.481 e. The van der Waals surface area contributed by atoms with Gasteiger partial charge in [0.1, 0.15) is 11.6 Å². The van der Waals surface area contributed by atoms with Crippen molar-refractivity contribution >= 4 is 35.5 Å². The van der Waals surface area contributed by atoms with Gasteiger partial charge in [0, 0.05) is 61.9 Å². The first-order chi connectivity index (χ1) is 25.7. The zero-order chi connectivity index (χ0) is 39.8. The maximum atomic E-state index is 15.1. The molecule has 0 saturated heterocycles. The van der Waals surface area contributed by atoms with Crippen LogP contribution in [0.1, 0.15) is 70.7 Å². The number of halogens is 2. The van der Waals surface area contributed by atoms with Crippen LogP contribution in [0.5, 0.6) is 0 Å². The normalized spacial score (nSPS) is 13.2. The summed E-state index contributed by atoms with van der Waals surface area (Å²) in [5.41, 5.74) is 13.3. The van der Waals surface area contributed by atoms with E-state index in [0.29, 0.717) is 51.0 Å². The van der Waals surface area contributed by atoms with Gasteiger partial charge in [-0.1, -0.05) is 57.5 Å². The number of rotatable bonds is 22. The van der Waals surface area contributed by atoms with Crippen molar-refractivity contribution in [2.75, 3.05) is 44.2 Å². The number of nitrogens with two attached hydrogens (primary N) is 2. The topological polar surface area (TPSA) is 173 Å². The van der Waals surface area contributed by atoms with Gasteiger partial charge in [0.25, 0.3) is 0 Å². The van der Waals surface area contributed by atoms with Gasteiger partial charge in [-0.25, -0.2) is 8.78 Å². The molecular weight excluding hydrogens is 715 g/mol. The molecule has 0 saturated carbocycles. The van der Waals surface area contributed by atoms with E-state index in [2.05, 4.69) is 10.6 Å². The number of hydrogen-bond donors (Lipinski definition) is 5. The van der Waals surface area contributed by atoms with Crippen LogP contribution in [0.25, 0.3) is 11.1 Å². The number of nitrogens with zero attached hydrogens (tertiary/aromatic N) is 2. The molecule has 54 heavy (non-hydrogen) atoms. The van der Waals surface area contributed by atoms with Crippen molar-refractivity contribution in [1.29, 1.82) is 0 Å². The zero-order valence-corrected chi connectivity index (χ0v) is 32.6. The lowest BCUT2D eigenvalue weighted by molar-refractivity contribution is -0.141. The molecule has 11 nitrogen and oxygen atoms in total. The van der Waals surface area contributed by atoms with Crippen LogP contribution in [-0.4, -0.2) is 82.5 Å². The third kappa shape index (κ3) is 13.5. The number of aliphatic carboxylic acids is 1. The molecule has 1 unspecified atom stereocenters. The van der Waals surface area contributed by atoms with Crippen molar-refractivity contribution in [2.24, 2.45) is 28.7 Å². The van der Waals surface area contributed by atoms with E-state index in [0.717, 1.165) is 47.6 Å². The zero-order valence-electron chi connectivity index (χ0n) is 31.8. The van der Waals surface area contributed by atoms with Crippen molar-refractivity contribution < 1.29 is 33.1 Å². The number of aromatic nitrogens is 1. The fourth-order valence-corrected chi connectivity index (χ4v) is 7.36. The predicted octanol–water partition coefficient (Wildman–Crippen LogP) is 5.18. The number of carboxylic acids is 1. The number of nitrogens with one attached hydrogen (secondary N) is 2. The van der Waals surface area contributed by atoms with Crippen LogP contribution in [0.3, 0.4) is 0 Å². The van der Waals surface area contributed by atoms with Crippen molar-refractivity contribution in [2.45, 2.75) is 66.0 Å². The quantitative estimate of drug-likeness (QED) is 0.0871. The monoisotopic (exact) mass is 770 g/mol. The Balaban J connectivity index is 1.86. The standard InChI is InChI=1S/C40H56F2N6O5S/c1-27(49)45-21-29(13-8-9-16-43)38(51)46-22-31(39(52)53)25-54-26-36(50)48(18-10-17-44)37(40(2,3)4)35-19-30(33-20-32(41)14-15-34(33)42)24-47(35)23-28-11-6-5-7-12-28/h5-7,11-12,14-15,19-20,24,29,31,37H,8-10,13,16-18,21-23,25-26,43-44H2,1-4H3,(H,45,49)(H,46,51)(H,52,53)/t29?,31-,37-/m0/s1. The number of unbranched alkanes of at least 4 members (excludes halogenated alkanes) is 1. The first kappa shape index (κ1) is 44.1. The van der Waals surface area contributed by atoms with Crippen molar-refractivity contribution in [3.8, 4) is 11.1 Å². The summed E-state index contributed by atoms with van der Waals surface area (Å²) < 4.78 is 31.4. The average Bonchev–Trinajstić information content (AvgIpc) is 3.51. The van der Waals surface area contributed by atoms with E-state index in [-0.39, 0.29) is 47.9 Å². The molecule has 1 heterocycles. The van der Waals surface area contributed by atoms with Crippen LogP contribution in [0, 0.1) is 28.9 Å². The van der Waals surface area contributed by atoms with E-state index in [1.807, 2.05) is 61.7 Å². The highest BCUT2D eigenvalue weighted by Crippen LogP contribution is 2.41. The van der Waals surface area contributed by atoms with E-state index in [9.17, 15) is 28.7 Å². The Morgan fingerprint density at radius 2 is 1.61 bits per heavy atom. The van der Waals surface area contributed by atoms with E-state index >= 15 is 4.39 Å². The highest BCUT2D eigenvalue weighted by molar-refractivity contribution is 7.99. The van der Waals surface area contributed by atoms with Crippen LogP contribution in [-0.2, 0) is 25.7 Å². The summed E-state index contributed by atoms with van der Waals surface area (Å²) in [7, 11) is 0. The first-order valence-electron chi connectivity index (χ1n) is 18.4. The maximum Gasteiger partial charge on any atom is 0.309 e. The van der Waals surface area contributed by atoms with E-state index in [4.69, 9.17) is 11.5 Å². The summed E-state index contributed by atoms with van der Waals surface area (Å²) >= 11 is 1.16. The molecule has 296 valence electrons. The molecule has 0 spiro atoms. The Morgan fingerprint density at radius 1 is 0.926 bits per heavy atom. The van der Waals surface area contributed by atoms with Gasteiger partial charge in [-0.2, -0.15) is 11.8 Å². The van der Waals surface area contributed by atoms with Crippen molar-refractivity contribution in [1.82, 2.24) is 20.1 Å². The highest BCUT2D eigenvalue weighted by atomic mass is 32.2. The van der Waals surface area contributed by atoms with Gasteiger partial charge in [0.05, 0.1) is 23.6 Å². The number of thioether (sulfide) groups is 1. The minimum absolute atomic E-state index is 0.0378. The number of carbonyl (C=O) groups is 4. The molecule has 14 heteroatoms. The second-order valence-electron chi connectivity index (χ2n) is 14.6. The Labute approximate surface area is 321 Å². The van der Waals surface area contributed by atoms with Crippen LogP contribution in [0.2, 0.25) is 0 Å². The minimum Gasteiger partial charge on any atom is -0.481 e. The van der Waals surface area contributed by atoms with Gasteiger partial charge in [-0.15, -0.1) is 0 Å². The lowest BCUT2D eigenvalue weighted by atomic mass is 9.83. The molecule has 0 aliphatic heterocycles. The number of carbonyl (C=O) groups excluding carboxylic acids is 3. The highest BCUT2D eigenvalue weighted by Gasteiger charge is 2.37. The summed E-state index contributed by atoms with van der Waals surface area (Å²) in [6.07, 6.45) is 4.18. The van der Waals surface area contributed by atoms with Gasteiger partial charge >= 0.3 is 5.97 Å². The third-order valence-electron chi connectivity index (χ3n) is 9.09. The Hall–Kier alpha value is -4.27. The number of carboxylic acid groups (broad SMARTS) is 1.